The molecule has 0 N–H and O–H groups in total. The second kappa shape index (κ2) is 5.81. The minimum absolute atomic E-state index is 0.238. The quantitative estimate of drug-likeness (QED) is 0.723. The summed E-state index contributed by atoms with van der Waals surface area (Å²) in [5, 5.41) is 4.24. The molecule has 2 heterocycles. The van der Waals surface area contributed by atoms with Crippen molar-refractivity contribution in [3.63, 3.8) is 0 Å². The van der Waals surface area contributed by atoms with Crippen molar-refractivity contribution in [3.05, 3.63) is 66.5 Å². The van der Waals surface area contributed by atoms with Crippen molar-refractivity contribution in [2.75, 3.05) is 0 Å². The van der Waals surface area contributed by atoms with Crippen molar-refractivity contribution in [3.8, 4) is 5.75 Å². The molecular formula is C18H18N2O2. The smallest absolute Gasteiger partial charge is 0.146 e. The first-order valence-corrected chi connectivity index (χ1v) is 7.63. The molecular weight excluding hydrogens is 276 g/mol. The minimum atomic E-state index is 0.238. The van der Waals surface area contributed by atoms with Crippen molar-refractivity contribution in [2.24, 2.45) is 0 Å². The Kier molecular flexibility index (Phi) is 3.52. The molecule has 0 amide bonds. The Labute approximate surface area is 129 Å². The van der Waals surface area contributed by atoms with E-state index in [1.165, 1.54) is 5.56 Å². The molecule has 1 fully saturated rings. The van der Waals surface area contributed by atoms with Gasteiger partial charge in [-0.1, -0.05) is 30.3 Å². The maximum absolute atomic E-state index is 6.06. The lowest BCUT2D eigenvalue weighted by Crippen LogP contribution is -2.39. The maximum atomic E-state index is 6.06. The van der Waals surface area contributed by atoms with Crippen LogP contribution in [0.5, 0.6) is 5.75 Å². The van der Waals surface area contributed by atoms with Crippen LogP contribution in [-0.2, 0) is 11.3 Å². The molecule has 0 unspecified atom stereocenters. The molecule has 0 bridgehead atoms. The third kappa shape index (κ3) is 2.70. The average molecular weight is 294 g/mol. The second-order valence-corrected chi connectivity index (χ2v) is 5.66. The van der Waals surface area contributed by atoms with E-state index >= 15 is 0 Å². The van der Waals surface area contributed by atoms with Crippen LogP contribution in [0.3, 0.4) is 0 Å². The van der Waals surface area contributed by atoms with Crippen LogP contribution in [0.1, 0.15) is 18.4 Å². The summed E-state index contributed by atoms with van der Waals surface area (Å²) in [4.78, 5) is 0. The third-order valence-electron chi connectivity index (χ3n) is 4.07. The summed E-state index contributed by atoms with van der Waals surface area (Å²) in [6.45, 7) is 0.677. The second-order valence-electron chi connectivity index (χ2n) is 5.66. The van der Waals surface area contributed by atoms with Gasteiger partial charge in [-0.2, -0.15) is 5.10 Å². The third-order valence-corrected chi connectivity index (χ3v) is 4.07. The molecule has 1 aromatic carbocycles. The molecule has 22 heavy (non-hydrogen) atoms. The molecule has 3 aromatic rings. The van der Waals surface area contributed by atoms with Crippen molar-refractivity contribution in [2.45, 2.75) is 31.7 Å². The number of hydrogen-bond donors (Lipinski definition) is 0. The van der Waals surface area contributed by atoms with Gasteiger partial charge in [-0.15, -0.1) is 0 Å². The molecule has 0 aliphatic heterocycles. The van der Waals surface area contributed by atoms with E-state index in [1.807, 2.05) is 47.1 Å². The predicted octanol–water partition coefficient (Wildman–Crippen LogP) is 3.46. The summed E-state index contributed by atoms with van der Waals surface area (Å²) < 4.78 is 13.8. The highest BCUT2D eigenvalue weighted by molar-refractivity contribution is 5.59. The van der Waals surface area contributed by atoms with E-state index in [1.54, 1.807) is 6.20 Å². The zero-order chi connectivity index (χ0) is 14.8. The first-order valence-electron chi connectivity index (χ1n) is 7.63. The Morgan fingerprint density at radius 3 is 2.73 bits per heavy atom. The topological polar surface area (TPSA) is 35.8 Å². The fraction of sp³-hybridized carbons (Fsp3) is 0.278. The number of nitrogens with zero attached hydrogens (tertiary/aromatic N) is 2. The molecule has 4 nitrogen and oxygen atoms in total. The molecule has 2 aromatic heterocycles. The standard InChI is InChI=1S/C18H18N2O2/c1-2-5-14(6-3-1)13-21-15-11-16(12-15)22-18-8-9-19-20-10-4-7-17(18)20/h1-10,15-16H,11-13H2. The fourth-order valence-electron chi connectivity index (χ4n) is 2.74. The van der Waals surface area contributed by atoms with Crippen LogP contribution in [0, 0.1) is 0 Å². The molecule has 1 aliphatic rings. The normalized spacial score (nSPS) is 20.7. The van der Waals surface area contributed by atoms with E-state index in [9.17, 15) is 0 Å². The number of ether oxygens (including phenoxy) is 2. The number of benzene rings is 1. The van der Waals surface area contributed by atoms with E-state index in [-0.39, 0.29) is 6.10 Å². The average Bonchev–Trinajstić information content (AvgIpc) is 3.00. The lowest BCUT2D eigenvalue weighted by Gasteiger charge is -2.35. The van der Waals surface area contributed by atoms with Gasteiger partial charge < -0.3 is 9.47 Å². The van der Waals surface area contributed by atoms with E-state index in [0.717, 1.165) is 24.1 Å². The number of hydrogen-bond acceptors (Lipinski definition) is 3. The Bertz CT molecular complexity index is 748. The van der Waals surface area contributed by atoms with Crippen LogP contribution in [-0.4, -0.2) is 21.8 Å². The largest absolute Gasteiger partial charge is 0.488 e. The van der Waals surface area contributed by atoms with Crippen LogP contribution < -0.4 is 4.74 Å². The van der Waals surface area contributed by atoms with Gasteiger partial charge in [0.2, 0.25) is 0 Å². The number of fused-ring (bicyclic) bond motifs is 1. The molecule has 0 radical (unpaired) electrons. The van der Waals surface area contributed by atoms with Crippen molar-refractivity contribution in [1.82, 2.24) is 9.61 Å². The van der Waals surface area contributed by atoms with Crippen LogP contribution in [0.15, 0.2) is 60.9 Å². The van der Waals surface area contributed by atoms with Crippen molar-refractivity contribution in [1.29, 1.82) is 0 Å². The van der Waals surface area contributed by atoms with Gasteiger partial charge in [-0.05, 0) is 17.7 Å². The zero-order valence-corrected chi connectivity index (χ0v) is 12.3. The highest BCUT2D eigenvalue weighted by atomic mass is 16.5. The molecule has 0 spiro atoms. The van der Waals surface area contributed by atoms with E-state index in [2.05, 4.69) is 17.2 Å². The van der Waals surface area contributed by atoms with E-state index in [4.69, 9.17) is 9.47 Å². The summed E-state index contributed by atoms with van der Waals surface area (Å²) in [5.41, 5.74) is 2.23. The lowest BCUT2D eigenvalue weighted by molar-refractivity contribution is -0.0680. The molecule has 112 valence electrons. The summed E-state index contributed by atoms with van der Waals surface area (Å²) >= 11 is 0. The summed E-state index contributed by atoms with van der Waals surface area (Å²) in [6.07, 6.45) is 6.13. The fourth-order valence-corrected chi connectivity index (χ4v) is 2.74. The van der Waals surface area contributed by atoms with Crippen LogP contribution in [0.2, 0.25) is 0 Å². The predicted molar refractivity (Wildman–Crippen MR) is 83.9 cm³/mol. The minimum Gasteiger partial charge on any atom is -0.488 e. The van der Waals surface area contributed by atoms with Crippen LogP contribution in [0.4, 0.5) is 0 Å². The van der Waals surface area contributed by atoms with Gasteiger partial charge >= 0.3 is 0 Å². The monoisotopic (exact) mass is 294 g/mol. The first-order chi connectivity index (χ1) is 10.9. The first kappa shape index (κ1) is 13.3. The highest BCUT2D eigenvalue weighted by Crippen LogP contribution is 2.30. The van der Waals surface area contributed by atoms with Gasteiger partial charge in [0, 0.05) is 25.1 Å². The van der Waals surface area contributed by atoms with Gasteiger partial charge in [-0.25, -0.2) is 4.52 Å². The van der Waals surface area contributed by atoms with Crippen LogP contribution >= 0.6 is 0 Å². The SMILES string of the molecule is c1ccc(COC2CC(Oc3ccnn4cccc34)C2)cc1. The van der Waals surface area contributed by atoms with Gasteiger partial charge in [0.05, 0.1) is 18.9 Å². The molecule has 4 heteroatoms. The van der Waals surface area contributed by atoms with Gasteiger partial charge in [0.15, 0.2) is 0 Å². The Morgan fingerprint density at radius 2 is 1.86 bits per heavy atom. The summed E-state index contributed by atoms with van der Waals surface area (Å²) in [7, 11) is 0. The molecule has 4 rings (SSSR count). The highest BCUT2D eigenvalue weighted by Gasteiger charge is 2.32. The number of rotatable bonds is 5. The molecule has 1 aliphatic carbocycles. The maximum Gasteiger partial charge on any atom is 0.146 e. The van der Waals surface area contributed by atoms with Gasteiger partial charge in [-0.3, -0.25) is 0 Å². The Balaban J connectivity index is 1.30. The van der Waals surface area contributed by atoms with Crippen molar-refractivity contribution < 1.29 is 9.47 Å². The Hall–Kier alpha value is -2.33. The molecule has 0 atom stereocenters. The zero-order valence-electron chi connectivity index (χ0n) is 12.3. The van der Waals surface area contributed by atoms with Gasteiger partial charge in [0.1, 0.15) is 17.4 Å². The Morgan fingerprint density at radius 1 is 1.00 bits per heavy atom. The molecule has 0 saturated heterocycles. The summed E-state index contributed by atoms with van der Waals surface area (Å²) in [6, 6.07) is 16.2. The summed E-state index contributed by atoms with van der Waals surface area (Å²) in [5.74, 6) is 0.895. The van der Waals surface area contributed by atoms with Crippen LogP contribution in [0.25, 0.3) is 5.52 Å². The van der Waals surface area contributed by atoms with E-state index in [0.29, 0.717) is 12.7 Å². The van der Waals surface area contributed by atoms with Crippen molar-refractivity contribution >= 4 is 5.52 Å². The van der Waals surface area contributed by atoms with Gasteiger partial charge in [0.25, 0.3) is 0 Å². The number of aromatic nitrogens is 2. The van der Waals surface area contributed by atoms with E-state index < -0.39 is 0 Å². The lowest BCUT2D eigenvalue weighted by atomic mass is 9.92. The molecule has 1 saturated carbocycles.